The van der Waals surface area contributed by atoms with Gasteiger partial charge < -0.3 is 9.84 Å². The van der Waals surface area contributed by atoms with Crippen molar-refractivity contribution in [2.75, 3.05) is 0 Å². The molecule has 2 heteroatoms. The van der Waals surface area contributed by atoms with Crippen LogP contribution in [-0.2, 0) is 0 Å². The lowest BCUT2D eigenvalue weighted by Gasteiger charge is -2.33. The standard InChI is InChI=1S/C19H30O2/c1-4-6-15-7-12-18(20)19(13-15)21-17-10-8-16(9-11-17)14(3)5-2/h8-11,14-15,18-20H,4-7,12-13H2,1-3H3. The number of aliphatic hydroxyl groups excluding tert-OH is 1. The molecule has 4 unspecified atom stereocenters. The van der Waals surface area contributed by atoms with Gasteiger partial charge in [0.25, 0.3) is 0 Å². The largest absolute Gasteiger partial charge is 0.488 e. The van der Waals surface area contributed by atoms with Crippen LogP contribution in [0.25, 0.3) is 0 Å². The second-order valence-corrected chi connectivity index (χ2v) is 6.57. The highest BCUT2D eigenvalue weighted by Gasteiger charge is 2.30. The summed E-state index contributed by atoms with van der Waals surface area (Å²) in [7, 11) is 0. The molecule has 118 valence electrons. The molecule has 1 aliphatic rings. The van der Waals surface area contributed by atoms with Crippen LogP contribution in [0.3, 0.4) is 0 Å². The maximum Gasteiger partial charge on any atom is 0.125 e. The fraction of sp³-hybridized carbons (Fsp3) is 0.684. The third-order valence-corrected chi connectivity index (χ3v) is 4.91. The van der Waals surface area contributed by atoms with Crippen molar-refractivity contribution in [3.63, 3.8) is 0 Å². The lowest BCUT2D eigenvalue weighted by Crippen LogP contribution is -2.38. The Hall–Kier alpha value is -1.02. The molecular weight excluding hydrogens is 260 g/mol. The van der Waals surface area contributed by atoms with E-state index in [0.29, 0.717) is 11.8 Å². The first kappa shape index (κ1) is 16.4. The van der Waals surface area contributed by atoms with Crippen LogP contribution in [0.5, 0.6) is 5.75 Å². The fourth-order valence-electron chi connectivity index (χ4n) is 3.28. The Labute approximate surface area is 129 Å². The monoisotopic (exact) mass is 290 g/mol. The molecule has 1 aromatic carbocycles. The van der Waals surface area contributed by atoms with Crippen LogP contribution >= 0.6 is 0 Å². The highest BCUT2D eigenvalue weighted by molar-refractivity contribution is 5.29. The molecule has 0 bridgehead atoms. The van der Waals surface area contributed by atoms with Crippen LogP contribution < -0.4 is 4.74 Å². The van der Waals surface area contributed by atoms with Crippen molar-refractivity contribution in [2.45, 2.75) is 77.4 Å². The zero-order valence-corrected chi connectivity index (χ0v) is 13.7. The molecular formula is C19H30O2. The zero-order valence-electron chi connectivity index (χ0n) is 13.7. The second kappa shape index (κ2) is 7.84. The third-order valence-electron chi connectivity index (χ3n) is 4.91. The molecule has 2 nitrogen and oxygen atoms in total. The molecule has 0 amide bonds. The predicted octanol–water partition coefficient (Wildman–Crippen LogP) is 4.91. The summed E-state index contributed by atoms with van der Waals surface area (Å²) in [5.74, 6) is 2.19. The summed E-state index contributed by atoms with van der Waals surface area (Å²) in [5, 5.41) is 10.2. The normalized spacial score (nSPS) is 27.3. The number of hydrogen-bond donors (Lipinski definition) is 1. The van der Waals surface area contributed by atoms with E-state index in [9.17, 15) is 5.11 Å². The van der Waals surface area contributed by atoms with Gasteiger partial charge in [0.1, 0.15) is 11.9 Å². The Morgan fingerprint density at radius 3 is 2.52 bits per heavy atom. The molecule has 0 heterocycles. The Kier molecular flexibility index (Phi) is 6.10. The van der Waals surface area contributed by atoms with E-state index in [2.05, 4.69) is 45.0 Å². The van der Waals surface area contributed by atoms with E-state index in [0.717, 1.165) is 31.4 Å². The quantitative estimate of drug-likeness (QED) is 0.806. The van der Waals surface area contributed by atoms with Gasteiger partial charge in [-0.25, -0.2) is 0 Å². The summed E-state index contributed by atoms with van der Waals surface area (Å²) in [6.45, 7) is 6.69. The summed E-state index contributed by atoms with van der Waals surface area (Å²) in [6.07, 6.45) is 6.28. The van der Waals surface area contributed by atoms with Gasteiger partial charge in [0.05, 0.1) is 6.10 Å². The molecule has 0 aromatic heterocycles. The Bertz CT molecular complexity index is 412. The van der Waals surface area contributed by atoms with Crippen molar-refractivity contribution in [1.29, 1.82) is 0 Å². The van der Waals surface area contributed by atoms with Crippen LogP contribution in [0.2, 0.25) is 0 Å². The predicted molar refractivity (Wildman–Crippen MR) is 87.8 cm³/mol. The van der Waals surface area contributed by atoms with Crippen molar-refractivity contribution in [2.24, 2.45) is 5.92 Å². The summed E-state index contributed by atoms with van der Waals surface area (Å²) in [4.78, 5) is 0. The second-order valence-electron chi connectivity index (χ2n) is 6.57. The molecule has 1 aromatic rings. The van der Waals surface area contributed by atoms with Crippen LogP contribution in [0.4, 0.5) is 0 Å². The highest BCUT2D eigenvalue weighted by Crippen LogP contribution is 2.31. The van der Waals surface area contributed by atoms with Crippen molar-refractivity contribution in [1.82, 2.24) is 0 Å². The first-order valence-electron chi connectivity index (χ1n) is 8.58. The van der Waals surface area contributed by atoms with Crippen LogP contribution in [0.1, 0.15) is 70.8 Å². The van der Waals surface area contributed by atoms with Crippen molar-refractivity contribution in [3.05, 3.63) is 29.8 Å². The summed E-state index contributed by atoms with van der Waals surface area (Å²) in [5.41, 5.74) is 1.36. The molecule has 1 fully saturated rings. The van der Waals surface area contributed by atoms with Gasteiger partial charge >= 0.3 is 0 Å². The maximum atomic E-state index is 10.2. The van der Waals surface area contributed by atoms with Crippen molar-refractivity contribution >= 4 is 0 Å². The minimum absolute atomic E-state index is 0.0373. The van der Waals surface area contributed by atoms with E-state index in [4.69, 9.17) is 4.74 Å². The number of rotatable bonds is 6. The van der Waals surface area contributed by atoms with Gasteiger partial charge in [-0.1, -0.05) is 45.7 Å². The first-order chi connectivity index (χ1) is 10.1. The van der Waals surface area contributed by atoms with Crippen molar-refractivity contribution in [3.8, 4) is 5.75 Å². The van der Waals surface area contributed by atoms with E-state index in [1.165, 1.54) is 18.4 Å². The average Bonchev–Trinajstić information content (AvgIpc) is 2.51. The summed E-state index contributed by atoms with van der Waals surface area (Å²) >= 11 is 0. The molecule has 0 radical (unpaired) electrons. The maximum absolute atomic E-state index is 10.2. The van der Waals surface area contributed by atoms with Gasteiger partial charge in [0.2, 0.25) is 0 Å². The minimum atomic E-state index is -0.313. The van der Waals surface area contributed by atoms with Crippen LogP contribution in [0.15, 0.2) is 24.3 Å². The van der Waals surface area contributed by atoms with Gasteiger partial charge in [0.15, 0.2) is 0 Å². The van der Waals surface area contributed by atoms with Gasteiger partial charge in [-0.15, -0.1) is 0 Å². The lowest BCUT2D eigenvalue weighted by atomic mass is 9.83. The van der Waals surface area contributed by atoms with Crippen molar-refractivity contribution < 1.29 is 9.84 Å². The number of benzene rings is 1. The van der Waals surface area contributed by atoms with E-state index in [1.807, 2.05) is 0 Å². The Morgan fingerprint density at radius 1 is 1.19 bits per heavy atom. The topological polar surface area (TPSA) is 29.5 Å². The van der Waals surface area contributed by atoms with Gasteiger partial charge in [0, 0.05) is 0 Å². The summed E-state index contributed by atoms with van der Waals surface area (Å²) < 4.78 is 6.06. The number of ether oxygens (including phenoxy) is 1. The van der Waals surface area contributed by atoms with Gasteiger partial charge in [-0.3, -0.25) is 0 Å². The molecule has 1 N–H and O–H groups in total. The van der Waals surface area contributed by atoms with Gasteiger partial charge in [-0.2, -0.15) is 0 Å². The van der Waals surface area contributed by atoms with Crippen LogP contribution in [-0.4, -0.2) is 17.3 Å². The van der Waals surface area contributed by atoms with Crippen LogP contribution in [0, 0.1) is 5.92 Å². The van der Waals surface area contributed by atoms with E-state index in [1.54, 1.807) is 0 Å². The highest BCUT2D eigenvalue weighted by atomic mass is 16.5. The molecule has 2 rings (SSSR count). The molecule has 1 aliphatic carbocycles. The molecule has 4 atom stereocenters. The first-order valence-corrected chi connectivity index (χ1v) is 8.58. The van der Waals surface area contributed by atoms with E-state index < -0.39 is 0 Å². The molecule has 0 aliphatic heterocycles. The number of aliphatic hydroxyl groups is 1. The minimum Gasteiger partial charge on any atom is -0.488 e. The smallest absolute Gasteiger partial charge is 0.125 e. The Balaban J connectivity index is 1.96. The van der Waals surface area contributed by atoms with E-state index in [-0.39, 0.29) is 12.2 Å². The lowest BCUT2D eigenvalue weighted by molar-refractivity contribution is -0.0117. The average molecular weight is 290 g/mol. The molecule has 1 saturated carbocycles. The van der Waals surface area contributed by atoms with Gasteiger partial charge in [-0.05, 0) is 55.2 Å². The molecule has 21 heavy (non-hydrogen) atoms. The Morgan fingerprint density at radius 2 is 1.90 bits per heavy atom. The fourth-order valence-corrected chi connectivity index (χ4v) is 3.28. The SMILES string of the molecule is CCCC1CCC(O)C(Oc2ccc(C(C)CC)cc2)C1. The van der Waals surface area contributed by atoms with E-state index >= 15 is 0 Å². The summed E-state index contributed by atoms with van der Waals surface area (Å²) in [6, 6.07) is 8.42. The molecule has 0 spiro atoms. The third kappa shape index (κ3) is 4.47. The number of hydrogen-bond acceptors (Lipinski definition) is 2. The zero-order chi connectivity index (χ0) is 15.2. The molecule has 0 saturated heterocycles.